The van der Waals surface area contributed by atoms with Crippen LogP contribution in [0.5, 0.6) is 5.75 Å². The van der Waals surface area contributed by atoms with Crippen LogP contribution in [-0.2, 0) is 0 Å². The third-order valence-corrected chi connectivity index (χ3v) is 4.51. The van der Waals surface area contributed by atoms with Crippen molar-refractivity contribution in [1.82, 2.24) is 4.90 Å². The molecule has 1 aromatic carbocycles. The third kappa shape index (κ3) is 4.21. The smallest absolute Gasteiger partial charge is 0.124 e. The van der Waals surface area contributed by atoms with Gasteiger partial charge in [0.05, 0.1) is 12.1 Å². The summed E-state index contributed by atoms with van der Waals surface area (Å²) in [7, 11) is 2.22. The maximum atomic E-state index is 6.11. The predicted octanol–water partition coefficient (Wildman–Crippen LogP) is 3.74. The molecule has 1 fully saturated rings. The highest BCUT2D eigenvalue weighted by Gasteiger charge is 2.26. The minimum absolute atomic E-state index is 0.185. The average molecular weight is 290 g/mol. The minimum Gasteiger partial charge on any atom is -0.491 e. The first-order valence-electron chi connectivity index (χ1n) is 8.31. The Balaban J connectivity index is 2.19. The van der Waals surface area contributed by atoms with Crippen molar-refractivity contribution in [2.45, 2.75) is 64.1 Å². The molecule has 1 aliphatic carbocycles. The van der Waals surface area contributed by atoms with Crippen LogP contribution in [0, 0.1) is 0 Å². The summed E-state index contributed by atoms with van der Waals surface area (Å²) in [6.07, 6.45) is 6.84. The Morgan fingerprint density at radius 2 is 1.86 bits per heavy atom. The second kappa shape index (κ2) is 7.81. The monoisotopic (exact) mass is 290 g/mol. The maximum absolute atomic E-state index is 6.11. The standard InChI is InChI=1S/C18H30N2O/c1-14(2)21-18-12-8-7-11-16(18)17(13-19)20(3)15-9-5-4-6-10-15/h7-8,11-12,14-15,17H,4-6,9-10,13,19H2,1-3H3. The molecule has 1 atom stereocenters. The molecule has 0 heterocycles. The van der Waals surface area contributed by atoms with Crippen molar-refractivity contribution in [3.05, 3.63) is 29.8 Å². The van der Waals surface area contributed by atoms with Crippen LogP contribution in [0.1, 0.15) is 57.6 Å². The Bertz CT molecular complexity index is 427. The number of nitrogens with zero attached hydrogens (tertiary/aromatic N) is 1. The molecule has 1 aromatic rings. The molecule has 2 N–H and O–H groups in total. The lowest BCUT2D eigenvalue weighted by Gasteiger charge is -2.37. The van der Waals surface area contributed by atoms with Crippen molar-refractivity contribution in [2.24, 2.45) is 5.73 Å². The van der Waals surface area contributed by atoms with Crippen molar-refractivity contribution < 1.29 is 4.74 Å². The Morgan fingerprint density at radius 3 is 2.48 bits per heavy atom. The van der Waals surface area contributed by atoms with Gasteiger partial charge >= 0.3 is 0 Å². The quantitative estimate of drug-likeness (QED) is 0.867. The fourth-order valence-corrected chi connectivity index (χ4v) is 3.37. The molecule has 0 aliphatic heterocycles. The van der Waals surface area contributed by atoms with Gasteiger partial charge in [-0.15, -0.1) is 0 Å². The zero-order chi connectivity index (χ0) is 15.2. The van der Waals surface area contributed by atoms with Gasteiger partial charge in [-0.1, -0.05) is 37.5 Å². The fraction of sp³-hybridized carbons (Fsp3) is 0.667. The van der Waals surface area contributed by atoms with Gasteiger partial charge < -0.3 is 10.5 Å². The van der Waals surface area contributed by atoms with Crippen LogP contribution in [0.25, 0.3) is 0 Å². The molecular formula is C18H30N2O. The summed E-state index contributed by atoms with van der Waals surface area (Å²) in [5, 5.41) is 0. The van der Waals surface area contributed by atoms with Crippen molar-refractivity contribution in [3.63, 3.8) is 0 Å². The van der Waals surface area contributed by atoms with E-state index >= 15 is 0 Å². The van der Waals surface area contributed by atoms with Gasteiger partial charge in [0.15, 0.2) is 0 Å². The lowest BCUT2D eigenvalue weighted by atomic mass is 9.92. The van der Waals surface area contributed by atoms with Crippen LogP contribution in [0.4, 0.5) is 0 Å². The second-order valence-electron chi connectivity index (χ2n) is 6.41. The molecule has 0 radical (unpaired) electrons. The van der Waals surface area contributed by atoms with Gasteiger partial charge in [-0.25, -0.2) is 0 Å². The first-order chi connectivity index (χ1) is 10.1. The molecule has 1 aliphatic rings. The van der Waals surface area contributed by atoms with E-state index in [1.807, 2.05) is 6.07 Å². The van der Waals surface area contributed by atoms with Gasteiger partial charge in [-0.2, -0.15) is 0 Å². The zero-order valence-corrected chi connectivity index (χ0v) is 13.7. The Kier molecular flexibility index (Phi) is 6.07. The van der Waals surface area contributed by atoms with Crippen LogP contribution in [-0.4, -0.2) is 30.6 Å². The van der Waals surface area contributed by atoms with E-state index in [1.165, 1.54) is 37.7 Å². The predicted molar refractivity (Wildman–Crippen MR) is 88.6 cm³/mol. The number of para-hydroxylation sites is 1. The van der Waals surface area contributed by atoms with Gasteiger partial charge in [0.1, 0.15) is 5.75 Å². The van der Waals surface area contributed by atoms with Crippen LogP contribution in [0.15, 0.2) is 24.3 Å². The van der Waals surface area contributed by atoms with Crippen LogP contribution < -0.4 is 10.5 Å². The lowest BCUT2D eigenvalue weighted by molar-refractivity contribution is 0.136. The molecule has 21 heavy (non-hydrogen) atoms. The van der Waals surface area contributed by atoms with E-state index in [-0.39, 0.29) is 12.1 Å². The zero-order valence-electron chi connectivity index (χ0n) is 13.7. The SMILES string of the molecule is CC(C)Oc1ccccc1C(CN)N(C)C1CCCCC1. The molecule has 0 aromatic heterocycles. The van der Waals surface area contributed by atoms with Gasteiger partial charge in [-0.3, -0.25) is 4.90 Å². The molecule has 1 saturated carbocycles. The Labute approximate surface area is 129 Å². The largest absolute Gasteiger partial charge is 0.491 e. The summed E-state index contributed by atoms with van der Waals surface area (Å²) < 4.78 is 5.98. The van der Waals surface area contributed by atoms with Gasteiger partial charge in [-0.05, 0) is 39.8 Å². The van der Waals surface area contributed by atoms with Crippen molar-refractivity contribution in [3.8, 4) is 5.75 Å². The van der Waals surface area contributed by atoms with E-state index in [0.717, 1.165) is 5.75 Å². The topological polar surface area (TPSA) is 38.5 Å². The molecule has 0 amide bonds. The molecule has 0 saturated heterocycles. The number of nitrogens with two attached hydrogens (primary N) is 1. The van der Waals surface area contributed by atoms with Crippen molar-refractivity contribution in [2.75, 3.05) is 13.6 Å². The van der Waals surface area contributed by atoms with E-state index in [9.17, 15) is 0 Å². The Hall–Kier alpha value is -1.06. The normalized spacial score (nSPS) is 18.2. The van der Waals surface area contributed by atoms with Crippen LogP contribution in [0.3, 0.4) is 0 Å². The van der Waals surface area contributed by atoms with Crippen molar-refractivity contribution in [1.29, 1.82) is 0 Å². The highest BCUT2D eigenvalue weighted by molar-refractivity contribution is 5.36. The summed E-state index contributed by atoms with van der Waals surface area (Å²) in [6.45, 7) is 4.77. The summed E-state index contributed by atoms with van der Waals surface area (Å²) in [4.78, 5) is 2.47. The van der Waals surface area contributed by atoms with E-state index in [1.54, 1.807) is 0 Å². The molecule has 2 rings (SSSR count). The van der Waals surface area contributed by atoms with Gasteiger partial charge in [0.25, 0.3) is 0 Å². The molecule has 0 spiro atoms. The summed E-state index contributed by atoms with van der Waals surface area (Å²) in [5.41, 5.74) is 7.34. The summed E-state index contributed by atoms with van der Waals surface area (Å²) in [6, 6.07) is 9.23. The van der Waals surface area contributed by atoms with Crippen molar-refractivity contribution >= 4 is 0 Å². The lowest BCUT2D eigenvalue weighted by Crippen LogP contribution is -2.39. The fourth-order valence-electron chi connectivity index (χ4n) is 3.37. The first-order valence-corrected chi connectivity index (χ1v) is 8.31. The highest BCUT2D eigenvalue weighted by atomic mass is 16.5. The summed E-state index contributed by atoms with van der Waals surface area (Å²) in [5.74, 6) is 0.977. The number of hydrogen-bond acceptors (Lipinski definition) is 3. The number of rotatable bonds is 6. The molecule has 1 unspecified atom stereocenters. The highest BCUT2D eigenvalue weighted by Crippen LogP contribution is 2.33. The number of likely N-dealkylation sites (N-methyl/N-ethyl adjacent to an activating group) is 1. The Morgan fingerprint density at radius 1 is 1.19 bits per heavy atom. The molecule has 0 bridgehead atoms. The molecule has 3 nitrogen and oxygen atoms in total. The number of ether oxygens (including phenoxy) is 1. The first kappa shape index (κ1) is 16.3. The van der Waals surface area contributed by atoms with Crippen LogP contribution >= 0.6 is 0 Å². The second-order valence-corrected chi connectivity index (χ2v) is 6.41. The summed E-state index contributed by atoms with van der Waals surface area (Å²) >= 11 is 0. The number of hydrogen-bond donors (Lipinski definition) is 1. The minimum atomic E-state index is 0.185. The van der Waals surface area contributed by atoms with Gasteiger partial charge in [0, 0.05) is 18.2 Å². The van der Waals surface area contributed by atoms with E-state index in [0.29, 0.717) is 12.6 Å². The average Bonchev–Trinajstić information content (AvgIpc) is 2.50. The molecule has 118 valence electrons. The third-order valence-electron chi connectivity index (χ3n) is 4.51. The molecule has 3 heteroatoms. The van der Waals surface area contributed by atoms with E-state index in [2.05, 4.69) is 44.0 Å². The van der Waals surface area contributed by atoms with E-state index in [4.69, 9.17) is 10.5 Å². The van der Waals surface area contributed by atoms with Crippen LogP contribution in [0.2, 0.25) is 0 Å². The van der Waals surface area contributed by atoms with Gasteiger partial charge in [0.2, 0.25) is 0 Å². The maximum Gasteiger partial charge on any atom is 0.124 e. The molecular weight excluding hydrogens is 260 g/mol. The van der Waals surface area contributed by atoms with E-state index < -0.39 is 0 Å². The number of benzene rings is 1.